The van der Waals surface area contributed by atoms with Gasteiger partial charge < -0.3 is 10.7 Å². The van der Waals surface area contributed by atoms with Crippen molar-refractivity contribution in [1.82, 2.24) is 9.97 Å². The maximum Gasteiger partial charge on any atom is 0.123 e. The van der Waals surface area contributed by atoms with Crippen molar-refractivity contribution in [2.24, 2.45) is 5.73 Å². The van der Waals surface area contributed by atoms with E-state index in [2.05, 4.69) is 16.9 Å². The van der Waals surface area contributed by atoms with Crippen molar-refractivity contribution in [3.8, 4) is 11.3 Å². The van der Waals surface area contributed by atoms with Crippen LogP contribution in [0.1, 0.15) is 19.8 Å². The first-order valence-electron chi connectivity index (χ1n) is 5.72. The van der Waals surface area contributed by atoms with Crippen LogP contribution in [0, 0.1) is 5.82 Å². The van der Waals surface area contributed by atoms with Crippen molar-refractivity contribution in [2.45, 2.75) is 19.8 Å². The number of aromatic nitrogens is 2. The van der Waals surface area contributed by atoms with Gasteiger partial charge in [0.2, 0.25) is 0 Å². The molecule has 3 nitrogen and oxygen atoms in total. The van der Waals surface area contributed by atoms with Crippen LogP contribution in [0.2, 0.25) is 0 Å². The Balaban J connectivity index is 0.000000249. The molecule has 17 heavy (non-hydrogen) atoms. The zero-order valence-corrected chi connectivity index (χ0v) is 9.99. The number of rotatable bonds is 3. The molecule has 0 saturated carbocycles. The van der Waals surface area contributed by atoms with E-state index in [0.29, 0.717) is 0 Å². The van der Waals surface area contributed by atoms with E-state index in [9.17, 15) is 4.39 Å². The smallest absolute Gasteiger partial charge is 0.123 e. The third kappa shape index (κ3) is 4.78. The van der Waals surface area contributed by atoms with Gasteiger partial charge in [-0.15, -0.1) is 0 Å². The number of H-pyrrole nitrogens is 1. The molecule has 1 heterocycles. The van der Waals surface area contributed by atoms with Crippen LogP contribution in [0.4, 0.5) is 4.39 Å². The predicted molar refractivity (Wildman–Crippen MR) is 67.9 cm³/mol. The second-order valence-corrected chi connectivity index (χ2v) is 3.61. The minimum Gasteiger partial charge on any atom is -0.345 e. The molecule has 0 amide bonds. The number of imidazole rings is 1. The Morgan fingerprint density at radius 3 is 2.41 bits per heavy atom. The molecule has 2 aromatic rings. The van der Waals surface area contributed by atoms with Gasteiger partial charge in [-0.25, -0.2) is 9.37 Å². The number of aromatic amines is 1. The van der Waals surface area contributed by atoms with E-state index in [4.69, 9.17) is 5.73 Å². The summed E-state index contributed by atoms with van der Waals surface area (Å²) in [6, 6.07) is 6.28. The molecule has 2 rings (SSSR count). The van der Waals surface area contributed by atoms with Gasteiger partial charge in [-0.05, 0) is 42.8 Å². The molecule has 3 N–H and O–H groups in total. The van der Waals surface area contributed by atoms with Crippen molar-refractivity contribution in [3.63, 3.8) is 0 Å². The third-order valence-electron chi connectivity index (χ3n) is 2.21. The Labute approximate surface area is 101 Å². The van der Waals surface area contributed by atoms with Crippen LogP contribution in [0.5, 0.6) is 0 Å². The van der Waals surface area contributed by atoms with E-state index in [1.54, 1.807) is 24.7 Å². The lowest BCUT2D eigenvalue weighted by atomic mass is 10.2. The predicted octanol–water partition coefficient (Wildman–Crippen LogP) is 2.96. The van der Waals surface area contributed by atoms with Crippen LogP contribution in [0.25, 0.3) is 11.3 Å². The summed E-state index contributed by atoms with van der Waals surface area (Å²) in [4.78, 5) is 6.81. The number of hydrogen-bond donors (Lipinski definition) is 2. The second-order valence-electron chi connectivity index (χ2n) is 3.61. The molecule has 0 aliphatic carbocycles. The summed E-state index contributed by atoms with van der Waals surface area (Å²) >= 11 is 0. The number of benzene rings is 1. The van der Waals surface area contributed by atoms with E-state index in [-0.39, 0.29) is 5.82 Å². The van der Waals surface area contributed by atoms with Crippen molar-refractivity contribution >= 4 is 0 Å². The van der Waals surface area contributed by atoms with Gasteiger partial charge in [0.05, 0.1) is 18.2 Å². The molecule has 0 aliphatic heterocycles. The third-order valence-corrected chi connectivity index (χ3v) is 2.21. The molecule has 0 saturated heterocycles. The van der Waals surface area contributed by atoms with E-state index in [1.807, 2.05) is 0 Å². The van der Waals surface area contributed by atoms with Crippen LogP contribution in [0.3, 0.4) is 0 Å². The molecule has 92 valence electrons. The van der Waals surface area contributed by atoms with Crippen molar-refractivity contribution in [1.29, 1.82) is 0 Å². The average Bonchev–Trinajstić information content (AvgIpc) is 2.85. The summed E-state index contributed by atoms with van der Waals surface area (Å²) in [6.45, 7) is 2.98. The van der Waals surface area contributed by atoms with Crippen LogP contribution in [-0.2, 0) is 0 Å². The van der Waals surface area contributed by atoms with Gasteiger partial charge in [-0.1, -0.05) is 13.3 Å². The summed E-state index contributed by atoms with van der Waals surface area (Å²) in [5.74, 6) is -0.224. The number of halogens is 1. The molecule has 0 spiro atoms. The molecule has 0 unspecified atom stereocenters. The summed E-state index contributed by atoms with van der Waals surface area (Å²) in [7, 11) is 0. The lowest BCUT2D eigenvalue weighted by Crippen LogP contribution is -1.95. The van der Waals surface area contributed by atoms with E-state index < -0.39 is 0 Å². The molecule has 1 aromatic carbocycles. The minimum absolute atomic E-state index is 0.224. The molecular formula is C13H18FN3. The Kier molecular flexibility index (Phi) is 5.96. The molecule has 4 heteroatoms. The van der Waals surface area contributed by atoms with Crippen LogP contribution >= 0.6 is 0 Å². The highest BCUT2D eigenvalue weighted by molar-refractivity contribution is 5.57. The molecule has 0 atom stereocenters. The number of nitrogens with one attached hydrogen (secondary N) is 1. The molecular weight excluding hydrogens is 217 g/mol. The fourth-order valence-corrected chi connectivity index (χ4v) is 1.25. The van der Waals surface area contributed by atoms with Crippen molar-refractivity contribution < 1.29 is 4.39 Å². The maximum atomic E-state index is 12.5. The summed E-state index contributed by atoms with van der Waals surface area (Å²) in [6.07, 6.45) is 5.68. The van der Waals surface area contributed by atoms with E-state index >= 15 is 0 Å². The Bertz CT molecular complexity index is 393. The lowest BCUT2D eigenvalue weighted by molar-refractivity contribution is 0.628. The van der Waals surface area contributed by atoms with Gasteiger partial charge in [-0.3, -0.25) is 0 Å². The maximum absolute atomic E-state index is 12.5. The van der Waals surface area contributed by atoms with Gasteiger partial charge in [0.1, 0.15) is 5.82 Å². The molecule has 0 bridgehead atoms. The van der Waals surface area contributed by atoms with Crippen LogP contribution < -0.4 is 5.73 Å². The largest absolute Gasteiger partial charge is 0.345 e. The standard InChI is InChI=1S/C9H7FN2.C4H11N/c10-8-3-1-7(2-4-8)9-5-11-6-12-9;1-2-3-4-5/h1-6H,(H,11,12);2-5H2,1H3. The number of nitrogens with two attached hydrogens (primary N) is 1. The van der Waals surface area contributed by atoms with Gasteiger partial charge in [0, 0.05) is 0 Å². The molecule has 0 aliphatic rings. The molecule has 0 radical (unpaired) electrons. The first kappa shape index (κ1) is 13.4. The SMILES string of the molecule is CCCCN.Fc1ccc(-c2cnc[nH]2)cc1. The molecule has 1 aromatic heterocycles. The van der Waals surface area contributed by atoms with Crippen LogP contribution in [0.15, 0.2) is 36.8 Å². The van der Waals surface area contributed by atoms with E-state index in [0.717, 1.165) is 17.8 Å². The highest BCUT2D eigenvalue weighted by Crippen LogP contribution is 2.15. The van der Waals surface area contributed by atoms with Gasteiger partial charge >= 0.3 is 0 Å². The van der Waals surface area contributed by atoms with Crippen molar-refractivity contribution in [3.05, 3.63) is 42.6 Å². The molecule has 0 fully saturated rings. The zero-order valence-electron chi connectivity index (χ0n) is 9.99. The fraction of sp³-hybridized carbons (Fsp3) is 0.308. The summed E-state index contributed by atoms with van der Waals surface area (Å²) in [5.41, 5.74) is 6.98. The number of hydrogen-bond acceptors (Lipinski definition) is 2. The van der Waals surface area contributed by atoms with Crippen LogP contribution in [-0.4, -0.2) is 16.5 Å². The number of nitrogens with zero attached hydrogens (tertiary/aromatic N) is 1. The van der Waals surface area contributed by atoms with Gasteiger partial charge in [-0.2, -0.15) is 0 Å². The highest BCUT2D eigenvalue weighted by Gasteiger charge is 1.97. The Morgan fingerprint density at radius 1 is 1.29 bits per heavy atom. The zero-order chi connectivity index (χ0) is 12.5. The average molecular weight is 235 g/mol. The lowest BCUT2D eigenvalue weighted by Gasteiger charge is -1.95. The summed E-state index contributed by atoms with van der Waals surface area (Å²) in [5, 5.41) is 0. The van der Waals surface area contributed by atoms with Gasteiger partial charge in [0.25, 0.3) is 0 Å². The summed E-state index contributed by atoms with van der Waals surface area (Å²) < 4.78 is 12.5. The fourth-order valence-electron chi connectivity index (χ4n) is 1.25. The topological polar surface area (TPSA) is 54.7 Å². The quantitative estimate of drug-likeness (QED) is 0.859. The first-order chi connectivity index (χ1) is 8.27. The Morgan fingerprint density at radius 2 is 2.00 bits per heavy atom. The monoisotopic (exact) mass is 235 g/mol. The normalized spacial score (nSPS) is 9.59. The minimum atomic E-state index is -0.224. The Hall–Kier alpha value is -1.68. The van der Waals surface area contributed by atoms with Gasteiger partial charge in [0.15, 0.2) is 0 Å². The van der Waals surface area contributed by atoms with E-state index in [1.165, 1.54) is 25.0 Å². The highest BCUT2D eigenvalue weighted by atomic mass is 19.1. The first-order valence-corrected chi connectivity index (χ1v) is 5.72. The van der Waals surface area contributed by atoms with Crippen molar-refractivity contribution in [2.75, 3.05) is 6.54 Å². The number of unbranched alkanes of at least 4 members (excludes halogenated alkanes) is 1. The second kappa shape index (κ2) is 7.57.